The standard InChI is InChI=1S/C12H13BrO3S/c13-8-2-3-11-9(6-8)10(14)7-12(4-1-5-12)17(11,15)16/h2-3,6,10,14H,1,4-5,7H2/t10-/m1/s1. The van der Waals surface area contributed by atoms with E-state index in [1.54, 1.807) is 18.2 Å². The van der Waals surface area contributed by atoms with E-state index in [0.29, 0.717) is 29.7 Å². The Balaban J connectivity index is 2.24. The lowest BCUT2D eigenvalue weighted by molar-refractivity contribution is 0.119. The van der Waals surface area contributed by atoms with Gasteiger partial charge in [-0.1, -0.05) is 22.4 Å². The monoisotopic (exact) mass is 316 g/mol. The second kappa shape index (κ2) is 3.56. The molecule has 3 rings (SSSR count). The zero-order chi connectivity index (χ0) is 12.3. The smallest absolute Gasteiger partial charge is 0.184 e. The quantitative estimate of drug-likeness (QED) is 0.800. The largest absolute Gasteiger partial charge is 0.388 e. The van der Waals surface area contributed by atoms with Crippen LogP contribution in [0, 0.1) is 0 Å². The summed E-state index contributed by atoms with van der Waals surface area (Å²) in [4.78, 5) is 0.319. The van der Waals surface area contributed by atoms with Crippen molar-refractivity contribution in [2.45, 2.75) is 41.4 Å². The maximum absolute atomic E-state index is 12.5. The predicted molar refractivity (Wildman–Crippen MR) is 67.5 cm³/mol. The molecule has 0 aromatic heterocycles. The van der Waals surface area contributed by atoms with Crippen molar-refractivity contribution in [2.75, 3.05) is 0 Å². The highest BCUT2D eigenvalue weighted by atomic mass is 79.9. The van der Waals surface area contributed by atoms with Gasteiger partial charge >= 0.3 is 0 Å². The molecule has 1 aliphatic heterocycles. The molecule has 1 atom stereocenters. The zero-order valence-electron chi connectivity index (χ0n) is 9.19. The molecule has 17 heavy (non-hydrogen) atoms. The molecule has 1 spiro atoms. The lowest BCUT2D eigenvalue weighted by Crippen LogP contribution is -2.49. The minimum Gasteiger partial charge on any atom is -0.388 e. The van der Waals surface area contributed by atoms with Crippen LogP contribution in [0.15, 0.2) is 27.6 Å². The highest BCUT2D eigenvalue weighted by Gasteiger charge is 2.54. The van der Waals surface area contributed by atoms with Crippen molar-refractivity contribution in [1.29, 1.82) is 0 Å². The Labute approximate surface area is 109 Å². The normalized spacial score (nSPS) is 28.5. The Morgan fingerprint density at radius 2 is 2.06 bits per heavy atom. The van der Waals surface area contributed by atoms with E-state index in [9.17, 15) is 13.5 Å². The molecule has 0 bridgehead atoms. The minimum atomic E-state index is -3.28. The Kier molecular flexibility index (Phi) is 2.44. The van der Waals surface area contributed by atoms with E-state index >= 15 is 0 Å². The molecule has 1 aromatic rings. The van der Waals surface area contributed by atoms with Gasteiger partial charge in [0.15, 0.2) is 9.84 Å². The van der Waals surface area contributed by atoms with Gasteiger partial charge in [0, 0.05) is 10.0 Å². The van der Waals surface area contributed by atoms with Crippen molar-refractivity contribution in [3.8, 4) is 0 Å². The van der Waals surface area contributed by atoms with Gasteiger partial charge in [0.05, 0.1) is 15.7 Å². The molecule has 5 heteroatoms. The Hall–Kier alpha value is -0.390. The van der Waals surface area contributed by atoms with Crippen molar-refractivity contribution < 1.29 is 13.5 Å². The zero-order valence-corrected chi connectivity index (χ0v) is 11.6. The lowest BCUT2D eigenvalue weighted by Gasteiger charge is -2.45. The molecule has 1 fully saturated rings. The molecule has 3 nitrogen and oxygen atoms in total. The van der Waals surface area contributed by atoms with Crippen molar-refractivity contribution in [3.63, 3.8) is 0 Å². The molecule has 0 radical (unpaired) electrons. The van der Waals surface area contributed by atoms with Gasteiger partial charge < -0.3 is 5.11 Å². The second-order valence-electron chi connectivity index (χ2n) is 4.94. The fourth-order valence-electron chi connectivity index (χ4n) is 2.87. The third-order valence-corrected chi connectivity index (χ3v) is 7.18. The first-order chi connectivity index (χ1) is 7.96. The number of hydrogen-bond acceptors (Lipinski definition) is 3. The number of fused-ring (bicyclic) bond motifs is 1. The van der Waals surface area contributed by atoms with E-state index in [4.69, 9.17) is 0 Å². The van der Waals surface area contributed by atoms with Crippen LogP contribution in [0.2, 0.25) is 0 Å². The summed E-state index contributed by atoms with van der Waals surface area (Å²) >= 11 is 3.31. The van der Waals surface area contributed by atoms with Gasteiger partial charge in [-0.2, -0.15) is 0 Å². The molecular weight excluding hydrogens is 304 g/mol. The van der Waals surface area contributed by atoms with Gasteiger partial charge in [-0.25, -0.2) is 8.42 Å². The van der Waals surface area contributed by atoms with Gasteiger partial charge in [-0.3, -0.25) is 0 Å². The Bertz CT molecular complexity index is 575. The molecule has 1 N–H and O–H groups in total. The molecule has 1 heterocycles. The van der Waals surface area contributed by atoms with Crippen LogP contribution in [-0.4, -0.2) is 18.3 Å². The maximum atomic E-state index is 12.5. The Morgan fingerprint density at radius 1 is 1.35 bits per heavy atom. The predicted octanol–water partition coefficient (Wildman–Crippen LogP) is 2.58. The highest BCUT2D eigenvalue weighted by Crippen LogP contribution is 2.53. The summed E-state index contributed by atoms with van der Waals surface area (Å²) in [6.07, 6.45) is 1.99. The van der Waals surface area contributed by atoms with Gasteiger partial charge in [0.1, 0.15) is 0 Å². The number of hydrogen-bond donors (Lipinski definition) is 1. The number of rotatable bonds is 0. The molecule has 1 aromatic carbocycles. The van der Waals surface area contributed by atoms with E-state index in [1.807, 2.05) is 0 Å². The fraction of sp³-hybridized carbons (Fsp3) is 0.500. The number of sulfone groups is 1. The number of benzene rings is 1. The van der Waals surface area contributed by atoms with Gasteiger partial charge in [-0.05, 0) is 37.5 Å². The molecule has 2 aliphatic rings. The minimum absolute atomic E-state index is 0.319. The number of halogens is 1. The number of aliphatic hydroxyl groups excluding tert-OH is 1. The van der Waals surface area contributed by atoms with Crippen LogP contribution in [0.1, 0.15) is 37.4 Å². The second-order valence-corrected chi connectivity index (χ2v) is 8.17. The molecule has 92 valence electrons. The van der Waals surface area contributed by atoms with Crippen LogP contribution in [0.5, 0.6) is 0 Å². The van der Waals surface area contributed by atoms with Crippen LogP contribution in [0.25, 0.3) is 0 Å². The summed E-state index contributed by atoms with van der Waals surface area (Å²) in [7, 11) is -3.28. The Morgan fingerprint density at radius 3 is 2.65 bits per heavy atom. The van der Waals surface area contributed by atoms with Crippen LogP contribution in [-0.2, 0) is 9.84 Å². The van der Waals surface area contributed by atoms with Crippen LogP contribution in [0.4, 0.5) is 0 Å². The first-order valence-corrected chi connectivity index (χ1v) is 7.96. The van der Waals surface area contributed by atoms with E-state index in [1.165, 1.54) is 0 Å². The molecule has 1 saturated carbocycles. The van der Waals surface area contributed by atoms with Gasteiger partial charge in [0.25, 0.3) is 0 Å². The SMILES string of the molecule is O=S1(=O)c2ccc(Br)cc2[C@H](O)CC12CCC2. The molecule has 0 saturated heterocycles. The first kappa shape index (κ1) is 11.7. The van der Waals surface area contributed by atoms with Gasteiger partial charge in [0.2, 0.25) is 0 Å². The molecule has 0 amide bonds. The van der Waals surface area contributed by atoms with Crippen molar-refractivity contribution in [1.82, 2.24) is 0 Å². The summed E-state index contributed by atoms with van der Waals surface area (Å²) in [6.45, 7) is 0. The van der Waals surface area contributed by atoms with E-state index in [0.717, 1.165) is 10.9 Å². The van der Waals surface area contributed by atoms with Crippen LogP contribution in [0.3, 0.4) is 0 Å². The number of aliphatic hydroxyl groups is 1. The molecular formula is C12H13BrO3S. The van der Waals surface area contributed by atoms with E-state index in [-0.39, 0.29) is 0 Å². The highest BCUT2D eigenvalue weighted by molar-refractivity contribution is 9.10. The summed E-state index contributed by atoms with van der Waals surface area (Å²) in [5, 5.41) is 10.1. The summed E-state index contributed by atoms with van der Waals surface area (Å²) in [6, 6.07) is 5.04. The third-order valence-electron chi connectivity index (χ3n) is 4.02. The van der Waals surface area contributed by atoms with Crippen LogP contribution >= 0.6 is 15.9 Å². The van der Waals surface area contributed by atoms with Crippen molar-refractivity contribution in [3.05, 3.63) is 28.2 Å². The van der Waals surface area contributed by atoms with Crippen molar-refractivity contribution >= 4 is 25.8 Å². The summed E-state index contributed by atoms with van der Waals surface area (Å²) < 4.78 is 25.2. The topological polar surface area (TPSA) is 54.4 Å². The lowest BCUT2D eigenvalue weighted by atomic mass is 9.78. The van der Waals surface area contributed by atoms with Crippen molar-refractivity contribution in [2.24, 2.45) is 0 Å². The average molecular weight is 317 g/mol. The van der Waals surface area contributed by atoms with Gasteiger partial charge in [-0.15, -0.1) is 0 Å². The van der Waals surface area contributed by atoms with Crippen LogP contribution < -0.4 is 0 Å². The average Bonchev–Trinajstić information content (AvgIpc) is 2.20. The molecule has 0 unspecified atom stereocenters. The summed E-state index contributed by atoms with van der Waals surface area (Å²) in [5.74, 6) is 0. The first-order valence-electron chi connectivity index (χ1n) is 5.68. The third kappa shape index (κ3) is 1.45. The van der Waals surface area contributed by atoms with E-state index in [2.05, 4.69) is 15.9 Å². The van der Waals surface area contributed by atoms with E-state index < -0.39 is 20.7 Å². The summed E-state index contributed by atoms with van der Waals surface area (Å²) in [5.41, 5.74) is 0.539. The maximum Gasteiger partial charge on any atom is 0.184 e. The molecule has 1 aliphatic carbocycles. The fourth-order valence-corrected chi connectivity index (χ4v) is 5.67.